The van der Waals surface area contributed by atoms with Crippen LogP contribution in [0.5, 0.6) is 0 Å². The number of hydrogen-bond donors (Lipinski definition) is 1. The molecular weight excluding hydrogens is 240 g/mol. The summed E-state index contributed by atoms with van der Waals surface area (Å²) in [7, 11) is 5.43. The van der Waals surface area contributed by atoms with Gasteiger partial charge in [-0.15, -0.1) is 0 Å². The number of benzene rings is 1. The van der Waals surface area contributed by atoms with Crippen molar-refractivity contribution in [3.63, 3.8) is 0 Å². The van der Waals surface area contributed by atoms with E-state index in [-0.39, 0.29) is 0 Å². The van der Waals surface area contributed by atoms with E-state index in [0.717, 1.165) is 13.1 Å². The summed E-state index contributed by atoms with van der Waals surface area (Å²) >= 11 is 0. The Bertz CT molecular complexity index is 341. The Labute approximate surface area is 116 Å². The lowest BCUT2D eigenvalue weighted by Crippen LogP contribution is -2.38. The highest BCUT2D eigenvalue weighted by atomic mass is 16.5. The van der Waals surface area contributed by atoms with Crippen molar-refractivity contribution in [1.29, 1.82) is 0 Å². The van der Waals surface area contributed by atoms with Gasteiger partial charge < -0.3 is 19.7 Å². The highest BCUT2D eigenvalue weighted by Crippen LogP contribution is 2.18. The van der Waals surface area contributed by atoms with E-state index in [1.54, 1.807) is 14.2 Å². The maximum Gasteiger partial charge on any atom is 0.0663 e. The highest BCUT2D eigenvalue weighted by Gasteiger charge is 2.14. The minimum atomic E-state index is 0.329. The molecule has 108 valence electrons. The van der Waals surface area contributed by atoms with Crippen LogP contribution in [0, 0.1) is 0 Å². The van der Waals surface area contributed by atoms with Gasteiger partial charge in [0, 0.05) is 39.0 Å². The van der Waals surface area contributed by atoms with E-state index in [4.69, 9.17) is 9.47 Å². The molecule has 1 unspecified atom stereocenters. The zero-order valence-corrected chi connectivity index (χ0v) is 12.5. The zero-order chi connectivity index (χ0) is 14.1. The summed E-state index contributed by atoms with van der Waals surface area (Å²) in [5.74, 6) is 0. The third kappa shape index (κ3) is 5.19. The fourth-order valence-electron chi connectivity index (χ4n) is 2.13. The van der Waals surface area contributed by atoms with E-state index in [1.807, 2.05) is 7.05 Å². The third-order valence-corrected chi connectivity index (χ3v) is 3.13. The Morgan fingerprint density at radius 2 is 1.84 bits per heavy atom. The van der Waals surface area contributed by atoms with E-state index < -0.39 is 0 Å². The van der Waals surface area contributed by atoms with Crippen molar-refractivity contribution in [3.05, 3.63) is 29.8 Å². The van der Waals surface area contributed by atoms with Crippen LogP contribution in [-0.4, -0.2) is 47.1 Å². The fraction of sp³-hybridized carbons (Fsp3) is 0.600. The normalized spacial score (nSPS) is 12.4. The predicted octanol–water partition coefficient (Wildman–Crippen LogP) is 1.89. The van der Waals surface area contributed by atoms with Crippen LogP contribution in [0.1, 0.15) is 12.5 Å². The summed E-state index contributed by atoms with van der Waals surface area (Å²) in [6.07, 6.45) is 0. The molecule has 1 aromatic rings. The molecule has 1 N–H and O–H groups in total. The molecule has 0 spiro atoms. The topological polar surface area (TPSA) is 33.7 Å². The van der Waals surface area contributed by atoms with Crippen molar-refractivity contribution < 1.29 is 9.47 Å². The second-order valence-corrected chi connectivity index (χ2v) is 4.69. The molecule has 0 aliphatic rings. The molecule has 4 nitrogen and oxygen atoms in total. The van der Waals surface area contributed by atoms with Gasteiger partial charge >= 0.3 is 0 Å². The average Bonchev–Trinajstić information content (AvgIpc) is 2.41. The lowest BCUT2D eigenvalue weighted by atomic mass is 10.1. The quantitative estimate of drug-likeness (QED) is 0.740. The molecule has 0 saturated heterocycles. The Kier molecular flexibility index (Phi) is 7.48. The van der Waals surface area contributed by atoms with E-state index in [1.165, 1.54) is 11.3 Å². The molecule has 0 saturated carbocycles. The predicted molar refractivity (Wildman–Crippen MR) is 79.8 cm³/mol. The first-order valence-electron chi connectivity index (χ1n) is 6.71. The van der Waals surface area contributed by atoms with Crippen LogP contribution in [-0.2, 0) is 16.0 Å². The SMILES string of the molecule is CNCc1ccc(N(CCOC)C(C)COC)cc1. The number of anilines is 1. The van der Waals surface area contributed by atoms with Crippen LogP contribution >= 0.6 is 0 Å². The second-order valence-electron chi connectivity index (χ2n) is 4.69. The smallest absolute Gasteiger partial charge is 0.0663 e. The van der Waals surface area contributed by atoms with Gasteiger partial charge in [0.1, 0.15) is 0 Å². The number of ether oxygens (including phenoxy) is 2. The van der Waals surface area contributed by atoms with Gasteiger partial charge in [-0.1, -0.05) is 12.1 Å². The molecule has 0 aliphatic heterocycles. The minimum Gasteiger partial charge on any atom is -0.383 e. The number of hydrogen-bond acceptors (Lipinski definition) is 4. The number of methoxy groups -OCH3 is 2. The maximum absolute atomic E-state index is 5.26. The van der Waals surface area contributed by atoms with Crippen molar-refractivity contribution in [2.24, 2.45) is 0 Å². The van der Waals surface area contributed by atoms with Crippen LogP contribution in [0.4, 0.5) is 5.69 Å². The minimum absolute atomic E-state index is 0.329. The lowest BCUT2D eigenvalue weighted by Gasteiger charge is -2.31. The maximum atomic E-state index is 5.26. The van der Waals surface area contributed by atoms with Crippen molar-refractivity contribution in [1.82, 2.24) is 5.32 Å². The van der Waals surface area contributed by atoms with Crippen molar-refractivity contribution in [2.75, 3.05) is 45.9 Å². The molecule has 4 heteroatoms. The fourth-order valence-corrected chi connectivity index (χ4v) is 2.13. The van der Waals surface area contributed by atoms with E-state index in [9.17, 15) is 0 Å². The van der Waals surface area contributed by atoms with Gasteiger partial charge in [0.05, 0.1) is 13.2 Å². The summed E-state index contributed by atoms with van der Waals surface area (Å²) in [5.41, 5.74) is 2.50. The van der Waals surface area contributed by atoms with Gasteiger partial charge in [0.15, 0.2) is 0 Å². The monoisotopic (exact) mass is 266 g/mol. The van der Waals surface area contributed by atoms with Gasteiger partial charge in [-0.2, -0.15) is 0 Å². The lowest BCUT2D eigenvalue weighted by molar-refractivity contribution is 0.171. The Morgan fingerprint density at radius 3 is 2.37 bits per heavy atom. The molecule has 19 heavy (non-hydrogen) atoms. The van der Waals surface area contributed by atoms with Crippen molar-refractivity contribution in [2.45, 2.75) is 19.5 Å². The van der Waals surface area contributed by atoms with Gasteiger partial charge in [-0.05, 0) is 31.7 Å². The molecule has 1 atom stereocenters. The first kappa shape index (κ1) is 16.0. The molecule has 0 bridgehead atoms. The molecular formula is C15H26N2O2. The van der Waals surface area contributed by atoms with Crippen LogP contribution in [0.2, 0.25) is 0 Å². The Balaban J connectivity index is 2.77. The highest BCUT2D eigenvalue weighted by molar-refractivity contribution is 5.48. The molecule has 1 rings (SSSR count). The van der Waals surface area contributed by atoms with E-state index in [2.05, 4.69) is 41.4 Å². The number of nitrogens with one attached hydrogen (secondary N) is 1. The standard InChI is InChI=1S/C15H26N2O2/c1-13(12-19-4)17(9-10-18-3)15-7-5-14(6-8-15)11-16-2/h5-8,13,16H,9-12H2,1-4H3. The zero-order valence-electron chi connectivity index (χ0n) is 12.5. The number of rotatable bonds is 9. The first-order chi connectivity index (χ1) is 9.22. The second kappa shape index (κ2) is 8.91. The third-order valence-electron chi connectivity index (χ3n) is 3.13. The largest absolute Gasteiger partial charge is 0.383 e. The molecule has 1 aromatic carbocycles. The first-order valence-corrected chi connectivity index (χ1v) is 6.71. The summed E-state index contributed by atoms with van der Waals surface area (Å²) in [6, 6.07) is 8.97. The van der Waals surface area contributed by atoms with E-state index in [0.29, 0.717) is 19.3 Å². The number of nitrogens with zero attached hydrogens (tertiary/aromatic N) is 1. The van der Waals surface area contributed by atoms with Gasteiger partial charge in [0.25, 0.3) is 0 Å². The van der Waals surface area contributed by atoms with Crippen molar-refractivity contribution in [3.8, 4) is 0 Å². The summed E-state index contributed by atoms with van der Waals surface area (Å²) in [6.45, 7) is 5.35. The Morgan fingerprint density at radius 1 is 1.16 bits per heavy atom. The van der Waals surface area contributed by atoms with Crippen LogP contribution < -0.4 is 10.2 Å². The molecule has 0 amide bonds. The molecule has 0 aliphatic carbocycles. The van der Waals surface area contributed by atoms with Crippen LogP contribution in [0.3, 0.4) is 0 Å². The average molecular weight is 266 g/mol. The molecule has 0 aromatic heterocycles. The molecule has 0 radical (unpaired) electrons. The van der Waals surface area contributed by atoms with Gasteiger partial charge in [0.2, 0.25) is 0 Å². The summed E-state index contributed by atoms with van der Waals surface area (Å²) < 4.78 is 10.4. The molecule has 0 fully saturated rings. The molecule has 0 heterocycles. The van der Waals surface area contributed by atoms with Gasteiger partial charge in [-0.25, -0.2) is 0 Å². The summed E-state index contributed by atoms with van der Waals surface area (Å²) in [4.78, 5) is 2.32. The van der Waals surface area contributed by atoms with Crippen LogP contribution in [0.25, 0.3) is 0 Å². The van der Waals surface area contributed by atoms with Crippen LogP contribution in [0.15, 0.2) is 24.3 Å². The Hall–Kier alpha value is -1.10. The summed E-state index contributed by atoms with van der Waals surface area (Å²) in [5, 5.41) is 3.16. The van der Waals surface area contributed by atoms with E-state index >= 15 is 0 Å². The van der Waals surface area contributed by atoms with Gasteiger partial charge in [-0.3, -0.25) is 0 Å². The van der Waals surface area contributed by atoms with Crippen molar-refractivity contribution >= 4 is 5.69 Å².